The summed E-state index contributed by atoms with van der Waals surface area (Å²) < 4.78 is 5.90. The number of nitrogens with one attached hydrogen (secondary N) is 1. The van der Waals surface area contributed by atoms with Gasteiger partial charge in [-0.3, -0.25) is 4.99 Å². The first-order valence-corrected chi connectivity index (χ1v) is 7.31. The number of rotatable bonds is 3. The van der Waals surface area contributed by atoms with Gasteiger partial charge in [0.1, 0.15) is 0 Å². The summed E-state index contributed by atoms with van der Waals surface area (Å²) >= 11 is 0. The molecule has 3 fully saturated rings. The van der Waals surface area contributed by atoms with Crippen molar-refractivity contribution in [1.29, 1.82) is 0 Å². The van der Waals surface area contributed by atoms with E-state index in [1.165, 1.54) is 25.7 Å². The fourth-order valence-corrected chi connectivity index (χ4v) is 3.94. The van der Waals surface area contributed by atoms with E-state index in [0.29, 0.717) is 35.4 Å². The summed E-state index contributed by atoms with van der Waals surface area (Å²) in [5.74, 6) is 1.86. The van der Waals surface area contributed by atoms with Crippen molar-refractivity contribution in [3.63, 3.8) is 0 Å². The molecule has 0 amide bonds. The molecule has 0 radical (unpaired) electrons. The Morgan fingerprint density at radius 3 is 2.79 bits per heavy atom. The lowest BCUT2D eigenvalue weighted by atomic mass is 9.46. The molecule has 1 aliphatic heterocycles. The molecule has 19 heavy (non-hydrogen) atoms. The van der Waals surface area contributed by atoms with Crippen LogP contribution in [0, 0.1) is 17.3 Å². The van der Waals surface area contributed by atoms with Crippen LogP contribution in [-0.2, 0) is 4.74 Å². The number of hydrogen-bond acceptors (Lipinski definition) is 2. The maximum Gasteiger partial charge on any atom is 0.188 e. The van der Waals surface area contributed by atoms with E-state index in [0.717, 1.165) is 13.2 Å². The summed E-state index contributed by atoms with van der Waals surface area (Å²) in [5, 5.41) is 3.48. The molecule has 1 heterocycles. The van der Waals surface area contributed by atoms with Crippen LogP contribution < -0.4 is 11.1 Å². The first kappa shape index (κ1) is 15.4. The molecule has 0 bridgehead atoms. The summed E-state index contributed by atoms with van der Waals surface area (Å²) in [6.45, 7) is 6.06. The van der Waals surface area contributed by atoms with E-state index in [4.69, 9.17) is 10.5 Å². The predicted molar refractivity (Wildman–Crippen MR) is 87.8 cm³/mol. The Balaban J connectivity index is 0.00000133. The minimum absolute atomic E-state index is 0. The molecule has 5 heteroatoms. The quantitative estimate of drug-likeness (QED) is 0.449. The molecule has 110 valence electrons. The van der Waals surface area contributed by atoms with E-state index < -0.39 is 0 Å². The molecule has 3 unspecified atom stereocenters. The van der Waals surface area contributed by atoms with Crippen molar-refractivity contribution < 1.29 is 4.74 Å². The van der Waals surface area contributed by atoms with Crippen LogP contribution in [0.2, 0.25) is 0 Å². The SMILES string of the molecule is CC(C)CN=C(N)NC1C2CCOC2C12CCC2.I. The number of fused-ring (bicyclic) bond motifs is 2. The molecular formula is C14H26IN3O. The number of halogens is 1. The van der Waals surface area contributed by atoms with Crippen molar-refractivity contribution in [3.05, 3.63) is 0 Å². The van der Waals surface area contributed by atoms with Crippen LogP contribution in [0.15, 0.2) is 4.99 Å². The molecule has 0 aromatic rings. The van der Waals surface area contributed by atoms with E-state index in [9.17, 15) is 0 Å². The fraction of sp³-hybridized carbons (Fsp3) is 0.929. The maximum atomic E-state index is 6.01. The molecule has 1 saturated heterocycles. The van der Waals surface area contributed by atoms with Gasteiger partial charge >= 0.3 is 0 Å². The van der Waals surface area contributed by atoms with E-state index in [1.807, 2.05) is 0 Å². The average Bonchev–Trinajstić information content (AvgIpc) is 2.66. The number of hydrogen-bond donors (Lipinski definition) is 2. The number of guanidine groups is 1. The topological polar surface area (TPSA) is 59.6 Å². The van der Waals surface area contributed by atoms with Crippen LogP contribution in [0.25, 0.3) is 0 Å². The maximum absolute atomic E-state index is 6.01. The third-order valence-corrected chi connectivity index (χ3v) is 4.97. The zero-order valence-corrected chi connectivity index (χ0v) is 14.2. The lowest BCUT2D eigenvalue weighted by molar-refractivity contribution is -0.171. The van der Waals surface area contributed by atoms with Gasteiger partial charge < -0.3 is 15.8 Å². The normalized spacial score (nSPS) is 35.3. The predicted octanol–water partition coefficient (Wildman–Crippen LogP) is 2.12. The molecule has 0 aromatic heterocycles. The smallest absolute Gasteiger partial charge is 0.188 e. The van der Waals surface area contributed by atoms with Gasteiger partial charge in [-0.15, -0.1) is 24.0 Å². The summed E-state index contributed by atoms with van der Waals surface area (Å²) in [5.41, 5.74) is 6.40. The standard InChI is InChI=1S/C14H25N3O.HI/c1-9(2)8-16-13(15)17-11-10-4-7-18-12(10)14(11)5-3-6-14;/h9-12H,3-8H2,1-2H3,(H3,15,16,17);1H. The van der Waals surface area contributed by atoms with Gasteiger partial charge in [0, 0.05) is 30.5 Å². The first-order chi connectivity index (χ1) is 8.63. The van der Waals surface area contributed by atoms with Gasteiger partial charge in [-0.2, -0.15) is 0 Å². The third kappa shape index (κ3) is 2.48. The van der Waals surface area contributed by atoms with Gasteiger partial charge in [0.25, 0.3) is 0 Å². The van der Waals surface area contributed by atoms with E-state index >= 15 is 0 Å². The zero-order valence-electron chi connectivity index (χ0n) is 11.9. The van der Waals surface area contributed by atoms with Crippen molar-refractivity contribution in [3.8, 4) is 0 Å². The Morgan fingerprint density at radius 2 is 2.21 bits per heavy atom. The van der Waals surface area contributed by atoms with Crippen molar-refractivity contribution in [2.45, 2.75) is 51.7 Å². The molecule has 2 aliphatic carbocycles. The second kappa shape index (κ2) is 5.76. The highest BCUT2D eigenvalue weighted by Gasteiger charge is 2.66. The molecule has 2 saturated carbocycles. The van der Waals surface area contributed by atoms with Crippen LogP contribution in [0.1, 0.15) is 39.5 Å². The highest BCUT2D eigenvalue weighted by atomic mass is 127. The van der Waals surface area contributed by atoms with Gasteiger partial charge in [-0.05, 0) is 25.2 Å². The lowest BCUT2D eigenvalue weighted by Crippen LogP contribution is -2.72. The Hall–Kier alpha value is -0.0400. The highest BCUT2D eigenvalue weighted by Crippen LogP contribution is 2.62. The third-order valence-electron chi connectivity index (χ3n) is 4.97. The molecule has 4 nitrogen and oxygen atoms in total. The average molecular weight is 379 g/mol. The number of aliphatic imine (C=N–C) groups is 1. The Kier molecular flexibility index (Phi) is 4.65. The first-order valence-electron chi connectivity index (χ1n) is 7.31. The summed E-state index contributed by atoms with van der Waals surface area (Å²) in [7, 11) is 0. The number of ether oxygens (including phenoxy) is 1. The highest BCUT2D eigenvalue weighted by molar-refractivity contribution is 14.0. The van der Waals surface area contributed by atoms with E-state index in [2.05, 4.69) is 24.2 Å². The lowest BCUT2D eigenvalue weighted by Gasteiger charge is -2.63. The van der Waals surface area contributed by atoms with E-state index in [1.54, 1.807) is 0 Å². The van der Waals surface area contributed by atoms with Gasteiger partial charge in [0.2, 0.25) is 0 Å². The van der Waals surface area contributed by atoms with Crippen LogP contribution in [0.4, 0.5) is 0 Å². The second-order valence-corrected chi connectivity index (χ2v) is 6.57. The van der Waals surface area contributed by atoms with Gasteiger partial charge in [0.15, 0.2) is 5.96 Å². The zero-order chi connectivity index (χ0) is 12.8. The minimum Gasteiger partial charge on any atom is -0.377 e. The molecule has 3 atom stereocenters. The summed E-state index contributed by atoms with van der Waals surface area (Å²) in [6.07, 6.45) is 5.61. The molecule has 3 aliphatic rings. The summed E-state index contributed by atoms with van der Waals surface area (Å²) in [6, 6.07) is 0.509. The Bertz CT molecular complexity index is 355. The number of nitrogens with two attached hydrogens (primary N) is 1. The van der Waals surface area contributed by atoms with Crippen molar-refractivity contribution in [1.82, 2.24) is 5.32 Å². The van der Waals surface area contributed by atoms with Gasteiger partial charge in [-0.1, -0.05) is 20.3 Å². The Labute approximate surface area is 133 Å². The molecule has 1 spiro atoms. The van der Waals surface area contributed by atoms with Gasteiger partial charge in [0.05, 0.1) is 6.10 Å². The van der Waals surface area contributed by atoms with Crippen LogP contribution in [-0.4, -0.2) is 31.3 Å². The second-order valence-electron chi connectivity index (χ2n) is 6.57. The van der Waals surface area contributed by atoms with Crippen LogP contribution >= 0.6 is 24.0 Å². The number of nitrogens with zero attached hydrogens (tertiary/aromatic N) is 1. The molecule has 3 N–H and O–H groups in total. The van der Waals surface area contributed by atoms with E-state index in [-0.39, 0.29) is 24.0 Å². The molecule has 0 aromatic carbocycles. The fourth-order valence-electron chi connectivity index (χ4n) is 3.94. The van der Waals surface area contributed by atoms with Crippen molar-refractivity contribution in [2.24, 2.45) is 28.0 Å². The van der Waals surface area contributed by atoms with Crippen molar-refractivity contribution in [2.75, 3.05) is 13.2 Å². The monoisotopic (exact) mass is 379 g/mol. The molecular weight excluding hydrogens is 353 g/mol. The molecule has 3 rings (SSSR count). The summed E-state index contributed by atoms with van der Waals surface area (Å²) in [4.78, 5) is 4.43. The van der Waals surface area contributed by atoms with Gasteiger partial charge in [-0.25, -0.2) is 0 Å². The van der Waals surface area contributed by atoms with Crippen LogP contribution in [0.3, 0.4) is 0 Å². The van der Waals surface area contributed by atoms with Crippen LogP contribution in [0.5, 0.6) is 0 Å². The van der Waals surface area contributed by atoms with Crippen molar-refractivity contribution >= 4 is 29.9 Å². The largest absolute Gasteiger partial charge is 0.377 e. The minimum atomic E-state index is 0. The Morgan fingerprint density at radius 1 is 1.47 bits per heavy atom.